The van der Waals surface area contributed by atoms with Crippen LogP contribution in [0.3, 0.4) is 0 Å². The Morgan fingerprint density at radius 3 is 2.79 bits per heavy atom. The van der Waals surface area contributed by atoms with E-state index in [4.69, 9.17) is 23.2 Å². The maximum absolute atomic E-state index is 12.9. The minimum atomic E-state index is -0.417. The molecule has 0 aliphatic carbocycles. The largest absolute Gasteiger partial charge is 0.322 e. The molecule has 0 bridgehead atoms. The molecule has 0 saturated heterocycles. The van der Waals surface area contributed by atoms with E-state index in [2.05, 4.69) is 15.4 Å². The predicted octanol–water partition coefficient (Wildman–Crippen LogP) is 4.17. The number of hydrogen-bond acceptors (Lipinski definition) is 5. The zero-order valence-electron chi connectivity index (χ0n) is 14.9. The van der Waals surface area contributed by atoms with Gasteiger partial charge in [-0.1, -0.05) is 37.0 Å². The van der Waals surface area contributed by atoms with Crippen molar-refractivity contribution in [3.63, 3.8) is 0 Å². The fourth-order valence-electron chi connectivity index (χ4n) is 3.00. The topological polar surface area (TPSA) is 81.3 Å². The quantitative estimate of drug-likeness (QED) is 0.487. The van der Waals surface area contributed by atoms with Crippen molar-refractivity contribution in [1.82, 2.24) is 19.2 Å². The number of amides is 1. The lowest BCUT2D eigenvalue weighted by Gasteiger charge is -2.13. The standard InChI is InChI=1S/C18H15Cl2N5O2S/c1-9(2)17-23-24(8-15(26)22-10-4-3-5-21-16(10)20)18(27)12-6-13-11(25(12)17)7-14(19)28-13/h3-7,9H,8H2,1-2H3,(H,22,26). The molecule has 10 heteroatoms. The van der Waals surface area contributed by atoms with E-state index in [1.807, 2.05) is 24.3 Å². The molecule has 1 N–H and O–H groups in total. The Balaban J connectivity index is 1.77. The van der Waals surface area contributed by atoms with E-state index in [0.29, 0.717) is 21.4 Å². The van der Waals surface area contributed by atoms with Gasteiger partial charge in [0.25, 0.3) is 5.56 Å². The van der Waals surface area contributed by atoms with Gasteiger partial charge in [-0.3, -0.25) is 14.0 Å². The number of nitrogens with zero attached hydrogens (tertiary/aromatic N) is 4. The molecule has 0 fully saturated rings. The predicted molar refractivity (Wildman–Crippen MR) is 112 cm³/mol. The molecule has 0 saturated carbocycles. The molecule has 144 valence electrons. The van der Waals surface area contributed by atoms with Crippen LogP contribution in [-0.4, -0.2) is 25.1 Å². The van der Waals surface area contributed by atoms with Crippen LogP contribution in [0.25, 0.3) is 15.7 Å². The average molecular weight is 436 g/mol. The van der Waals surface area contributed by atoms with Gasteiger partial charge in [-0.15, -0.1) is 11.3 Å². The average Bonchev–Trinajstić information content (AvgIpc) is 3.15. The summed E-state index contributed by atoms with van der Waals surface area (Å²) in [4.78, 5) is 29.3. The number of nitrogens with one attached hydrogen (secondary N) is 1. The van der Waals surface area contributed by atoms with Crippen LogP contribution < -0.4 is 10.9 Å². The van der Waals surface area contributed by atoms with Crippen LogP contribution in [0.1, 0.15) is 25.6 Å². The van der Waals surface area contributed by atoms with E-state index in [-0.39, 0.29) is 23.2 Å². The molecular formula is C18H15Cl2N5O2S. The Morgan fingerprint density at radius 2 is 2.07 bits per heavy atom. The third-order valence-electron chi connectivity index (χ3n) is 4.21. The third kappa shape index (κ3) is 3.28. The second-order valence-corrected chi connectivity index (χ2v) is 8.60. The fraction of sp³-hybridized carbons (Fsp3) is 0.222. The van der Waals surface area contributed by atoms with E-state index < -0.39 is 5.91 Å². The fourth-order valence-corrected chi connectivity index (χ4v) is 4.32. The van der Waals surface area contributed by atoms with Gasteiger partial charge in [0.15, 0.2) is 5.15 Å². The van der Waals surface area contributed by atoms with Crippen molar-refractivity contribution < 1.29 is 4.79 Å². The molecule has 4 aromatic heterocycles. The van der Waals surface area contributed by atoms with Crippen molar-refractivity contribution >= 4 is 61.9 Å². The summed E-state index contributed by atoms with van der Waals surface area (Å²) in [6, 6.07) is 6.90. The van der Waals surface area contributed by atoms with Crippen LogP contribution in [0.2, 0.25) is 9.49 Å². The minimum Gasteiger partial charge on any atom is -0.322 e. The van der Waals surface area contributed by atoms with Crippen molar-refractivity contribution in [3.8, 4) is 0 Å². The van der Waals surface area contributed by atoms with E-state index in [9.17, 15) is 9.59 Å². The van der Waals surface area contributed by atoms with Gasteiger partial charge >= 0.3 is 0 Å². The first kappa shape index (κ1) is 18.9. The second kappa shape index (κ2) is 7.20. The summed E-state index contributed by atoms with van der Waals surface area (Å²) in [5.41, 5.74) is 1.34. The van der Waals surface area contributed by atoms with Gasteiger partial charge in [0.1, 0.15) is 17.9 Å². The number of thiophene rings is 1. The Hall–Kier alpha value is -2.42. The summed E-state index contributed by atoms with van der Waals surface area (Å²) in [6.45, 7) is 3.72. The number of carbonyl (C=O) groups excluding carboxylic acids is 1. The maximum atomic E-state index is 12.9. The van der Waals surface area contributed by atoms with Crippen molar-refractivity contribution in [2.45, 2.75) is 26.3 Å². The number of hydrogen-bond donors (Lipinski definition) is 1. The molecular weight excluding hydrogens is 421 g/mol. The van der Waals surface area contributed by atoms with Crippen LogP contribution >= 0.6 is 34.5 Å². The highest BCUT2D eigenvalue weighted by Gasteiger charge is 2.19. The Labute approximate surface area is 173 Å². The van der Waals surface area contributed by atoms with Gasteiger partial charge in [-0.05, 0) is 24.3 Å². The SMILES string of the molecule is CC(C)c1nn(CC(=O)Nc2cccnc2Cl)c(=O)c2cc3sc(Cl)cc3n12. The Bertz CT molecular complexity index is 1270. The molecule has 0 spiro atoms. The van der Waals surface area contributed by atoms with Crippen molar-refractivity contribution in [1.29, 1.82) is 0 Å². The number of fused-ring (bicyclic) bond motifs is 3. The van der Waals surface area contributed by atoms with Crippen LogP contribution in [0.15, 0.2) is 35.3 Å². The first-order valence-electron chi connectivity index (χ1n) is 8.47. The summed E-state index contributed by atoms with van der Waals surface area (Å²) in [5, 5.41) is 7.29. The molecule has 0 aliphatic heterocycles. The van der Waals surface area contributed by atoms with Gasteiger partial charge < -0.3 is 5.32 Å². The number of anilines is 1. The molecule has 28 heavy (non-hydrogen) atoms. The first-order chi connectivity index (χ1) is 13.3. The number of halogens is 2. The summed E-state index contributed by atoms with van der Waals surface area (Å²) < 4.78 is 4.54. The second-order valence-electron chi connectivity index (χ2n) is 6.53. The van der Waals surface area contributed by atoms with E-state index in [1.165, 1.54) is 22.2 Å². The summed E-state index contributed by atoms with van der Waals surface area (Å²) in [6.07, 6.45) is 1.53. The van der Waals surface area contributed by atoms with Crippen LogP contribution in [0.4, 0.5) is 5.69 Å². The first-order valence-corrected chi connectivity index (χ1v) is 10.0. The normalized spacial score (nSPS) is 11.6. The van der Waals surface area contributed by atoms with Crippen LogP contribution in [-0.2, 0) is 11.3 Å². The number of rotatable bonds is 4. The van der Waals surface area contributed by atoms with Gasteiger partial charge in [0.2, 0.25) is 5.91 Å². The number of carbonyl (C=O) groups is 1. The lowest BCUT2D eigenvalue weighted by atomic mass is 10.2. The maximum Gasteiger partial charge on any atom is 0.291 e. The molecule has 0 unspecified atom stereocenters. The molecule has 4 aromatic rings. The van der Waals surface area contributed by atoms with Gasteiger partial charge in [0, 0.05) is 12.1 Å². The van der Waals surface area contributed by atoms with E-state index in [1.54, 1.807) is 18.2 Å². The summed E-state index contributed by atoms with van der Waals surface area (Å²) in [5.74, 6) is 0.283. The Kier molecular flexibility index (Phi) is 4.86. The Morgan fingerprint density at radius 1 is 1.29 bits per heavy atom. The lowest BCUT2D eigenvalue weighted by Crippen LogP contribution is -2.32. The van der Waals surface area contributed by atoms with Crippen molar-refractivity contribution in [3.05, 3.63) is 56.1 Å². The van der Waals surface area contributed by atoms with Crippen molar-refractivity contribution in [2.75, 3.05) is 5.32 Å². The molecule has 7 nitrogen and oxygen atoms in total. The van der Waals surface area contributed by atoms with Gasteiger partial charge in [-0.2, -0.15) is 5.10 Å². The number of aromatic nitrogens is 4. The number of pyridine rings is 1. The molecule has 4 rings (SSSR count). The lowest BCUT2D eigenvalue weighted by molar-refractivity contribution is -0.117. The van der Waals surface area contributed by atoms with Gasteiger partial charge in [-0.25, -0.2) is 9.67 Å². The minimum absolute atomic E-state index is 0.0273. The van der Waals surface area contributed by atoms with Crippen LogP contribution in [0, 0.1) is 0 Å². The van der Waals surface area contributed by atoms with E-state index in [0.717, 1.165) is 10.2 Å². The third-order valence-corrected chi connectivity index (χ3v) is 5.71. The van der Waals surface area contributed by atoms with Crippen LogP contribution in [0.5, 0.6) is 0 Å². The summed E-state index contributed by atoms with van der Waals surface area (Å²) in [7, 11) is 0. The highest BCUT2D eigenvalue weighted by Crippen LogP contribution is 2.32. The molecule has 0 atom stereocenters. The molecule has 0 aliphatic rings. The monoisotopic (exact) mass is 435 g/mol. The molecule has 0 radical (unpaired) electrons. The highest BCUT2D eigenvalue weighted by molar-refractivity contribution is 7.22. The smallest absolute Gasteiger partial charge is 0.291 e. The molecule has 0 aromatic carbocycles. The van der Waals surface area contributed by atoms with E-state index >= 15 is 0 Å². The zero-order valence-corrected chi connectivity index (χ0v) is 17.3. The molecule has 1 amide bonds. The molecule has 4 heterocycles. The van der Waals surface area contributed by atoms with Gasteiger partial charge in [0.05, 0.1) is 20.2 Å². The van der Waals surface area contributed by atoms with Crippen molar-refractivity contribution in [2.24, 2.45) is 0 Å². The zero-order chi connectivity index (χ0) is 20.0. The highest BCUT2D eigenvalue weighted by atomic mass is 35.5. The summed E-state index contributed by atoms with van der Waals surface area (Å²) >= 11 is 13.5.